The fraction of sp³-hybridized carbons (Fsp3) is 0.207. The van der Waals surface area contributed by atoms with E-state index in [0.29, 0.717) is 49.6 Å². The Labute approximate surface area is 219 Å². The number of anilines is 1. The van der Waals surface area contributed by atoms with Gasteiger partial charge in [-0.1, -0.05) is 24.3 Å². The minimum absolute atomic E-state index is 0.263. The normalized spacial score (nSPS) is 13.6. The van der Waals surface area contributed by atoms with E-state index in [2.05, 4.69) is 11.0 Å². The van der Waals surface area contributed by atoms with Gasteiger partial charge in [-0.15, -0.1) is 11.3 Å². The van der Waals surface area contributed by atoms with Gasteiger partial charge in [0.05, 0.1) is 23.2 Å². The molecule has 0 bridgehead atoms. The van der Waals surface area contributed by atoms with E-state index >= 15 is 0 Å². The van der Waals surface area contributed by atoms with E-state index in [1.54, 1.807) is 35.6 Å². The van der Waals surface area contributed by atoms with Crippen molar-refractivity contribution in [3.05, 3.63) is 89.3 Å². The van der Waals surface area contributed by atoms with Crippen molar-refractivity contribution in [2.24, 2.45) is 5.92 Å². The quantitative estimate of drug-likeness (QED) is 0.294. The summed E-state index contributed by atoms with van der Waals surface area (Å²) in [7, 11) is 0. The summed E-state index contributed by atoms with van der Waals surface area (Å²) in [5.41, 5.74) is 3.37. The highest BCUT2D eigenvalue weighted by atomic mass is 32.1. The molecule has 1 aliphatic heterocycles. The first-order valence-corrected chi connectivity index (χ1v) is 12.9. The Balaban J connectivity index is 1.21. The molecule has 1 fully saturated rings. The van der Waals surface area contributed by atoms with Crippen LogP contribution >= 0.6 is 11.3 Å². The van der Waals surface area contributed by atoms with Gasteiger partial charge in [0, 0.05) is 24.0 Å². The number of benzene rings is 3. The molecular weight excluding hydrogens is 486 g/mol. The Morgan fingerprint density at radius 2 is 1.70 bits per heavy atom. The maximum Gasteiger partial charge on any atom is 0.306 e. The highest BCUT2D eigenvalue weighted by molar-refractivity contribution is 7.14. The fourth-order valence-electron chi connectivity index (χ4n) is 4.20. The summed E-state index contributed by atoms with van der Waals surface area (Å²) >= 11 is 1.57. The van der Waals surface area contributed by atoms with Gasteiger partial charge in [-0.3, -0.25) is 4.79 Å². The number of rotatable bonds is 8. The zero-order valence-electron chi connectivity index (χ0n) is 20.0. The standard InChI is InChI=1S/C29H25N3O4S/c30-17-20-5-9-23(10-6-20)36-24-11-7-21(8-12-24)18-35-27-4-2-1-3-25(27)26-19-37-29(31-26)32-15-13-22(14-16-32)28(33)34/h1-12,19,22H,13-16,18H2,(H,33,34). The van der Waals surface area contributed by atoms with Crippen molar-refractivity contribution in [1.82, 2.24) is 4.98 Å². The van der Waals surface area contributed by atoms with Crippen molar-refractivity contribution < 1.29 is 19.4 Å². The van der Waals surface area contributed by atoms with E-state index in [4.69, 9.17) is 19.7 Å². The molecule has 4 aromatic rings. The van der Waals surface area contributed by atoms with Gasteiger partial charge in [-0.05, 0) is 66.9 Å². The average Bonchev–Trinajstić information content (AvgIpc) is 3.43. The summed E-state index contributed by atoms with van der Waals surface area (Å²) in [5.74, 6) is 1.16. The number of hydrogen-bond donors (Lipinski definition) is 1. The molecule has 37 heavy (non-hydrogen) atoms. The van der Waals surface area contributed by atoms with Gasteiger partial charge in [0.1, 0.15) is 23.9 Å². The second-order valence-electron chi connectivity index (χ2n) is 8.78. The summed E-state index contributed by atoms with van der Waals surface area (Å²) in [6, 6.07) is 24.6. The molecule has 1 N–H and O–H groups in total. The Hall–Kier alpha value is -4.35. The van der Waals surface area contributed by atoms with E-state index in [9.17, 15) is 9.90 Å². The summed E-state index contributed by atoms with van der Waals surface area (Å²) in [6.45, 7) is 1.80. The zero-order valence-corrected chi connectivity index (χ0v) is 20.9. The van der Waals surface area contributed by atoms with Crippen LogP contribution in [-0.4, -0.2) is 29.1 Å². The summed E-state index contributed by atoms with van der Waals surface area (Å²) in [6.07, 6.45) is 1.28. The van der Waals surface area contributed by atoms with E-state index in [-0.39, 0.29) is 5.92 Å². The van der Waals surface area contributed by atoms with Crippen LogP contribution in [0.4, 0.5) is 5.13 Å². The average molecular weight is 512 g/mol. The molecule has 8 heteroatoms. The number of nitriles is 1. The lowest BCUT2D eigenvalue weighted by Crippen LogP contribution is -2.36. The SMILES string of the molecule is N#Cc1ccc(Oc2ccc(COc3ccccc3-c3csc(N4CCC(C(=O)O)CC4)n3)cc2)cc1. The molecule has 0 unspecified atom stereocenters. The molecule has 1 aromatic heterocycles. The van der Waals surface area contributed by atoms with Crippen molar-refractivity contribution in [1.29, 1.82) is 5.26 Å². The van der Waals surface area contributed by atoms with Gasteiger partial charge in [-0.2, -0.15) is 5.26 Å². The second kappa shape index (κ2) is 11.1. The monoisotopic (exact) mass is 511 g/mol. The molecular formula is C29H25N3O4S. The lowest BCUT2D eigenvalue weighted by molar-refractivity contribution is -0.142. The molecule has 0 spiro atoms. The molecule has 2 heterocycles. The predicted octanol–water partition coefficient (Wildman–Crippen LogP) is 6.35. The van der Waals surface area contributed by atoms with Crippen LogP contribution in [0.5, 0.6) is 17.2 Å². The first-order valence-electron chi connectivity index (χ1n) is 12.0. The van der Waals surface area contributed by atoms with Gasteiger partial charge in [-0.25, -0.2) is 4.98 Å². The van der Waals surface area contributed by atoms with Gasteiger partial charge < -0.3 is 19.5 Å². The molecule has 3 aromatic carbocycles. The first kappa shape index (κ1) is 24.3. The number of aromatic nitrogens is 1. The molecule has 0 aliphatic carbocycles. The van der Waals surface area contributed by atoms with Crippen LogP contribution in [0.25, 0.3) is 11.3 Å². The van der Waals surface area contributed by atoms with Crippen LogP contribution in [0.1, 0.15) is 24.0 Å². The topological polar surface area (TPSA) is 95.7 Å². The van der Waals surface area contributed by atoms with Gasteiger partial charge in [0.15, 0.2) is 5.13 Å². The molecule has 186 valence electrons. The Morgan fingerprint density at radius 3 is 2.38 bits per heavy atom. The third-order valence-electron chi connectivity index (χ3n) is 6.31. The Bertz CT molecular complexity index is 1400. The molecule has 0 saturated carbocycles. The molecule has 0 atom stereocenters. The number of carboxylic acid groups (broad SMARTS) is 1. The number of aliphatic carboxylic acids is 1. The number of nitrogens with zero attached hydrogens (tertiary/aromatic N) is 3. The van der Waals surface area contributed by atoms with Crippen molar-refractivity contribution in [2.45, 2.75) is 19.4 Å². The van der Waals surface area contributed by atoms with Gasteiger partial charge in [0.2, 0.25) is 0 Å². The maximum absolute atomic E-state index is 11.2. The van der Waals surface area contributed by atoms with Crippen molar-refractivity contribution in [2.75, 3.05) is 18.0 Å². The lowest BCUT2D eigenvalue weighted by Gasteiger charge is -2.29. The first-order chi connectivity index (χ1) is 18.1. The molecule has 5 rings (SSSR count). The van der Waals surface area contributed by atoms with Crippen LogP contribution in [0.3, 0.4) is 0 Å². The van der Waals surface area contributed by atoms with E-state index < -0.39 is 5.97 Å². The van der Waals surface area contributed by atoms with Crippen LogP contribution in [0.15, 0.2) is 78.2 Å². The lowest BCUT2D eigenvalue weighted by atomic mass is 9.97. The largest absolute Gasteiger partial charge is 0.488 e. The minimum Gasteiger partial charge on any atom is -0.488 e. The molecule has 0 radical (unpaired) electrons. The number of carbonyl (C=O) groups is 1. The number of para-hydroxylation sites is 1. The highest BCUT2D eigenvalue weighted by Crippen LogP contribution is 2.35. The van der Waals surface area contributed by atoms with Crippen LogP contribution in [-0.2, 0) is 11.4 Å². The van der Waals surface area contributed by atoms with Crippen molar-refractivity contribution in [3.63, 3.8) is 0 Å². The minimum atomic E-state index is -0.709. The number of carboxylic acids is 1. The van der Waals surface area contributed by atoms with Crippen LogP contribution < -0.4 is 14.4 Å². The van der Waals surface area contributed by atoms with Crippen LogP contribution in [0, 0.1) is 17.2 Å². The number of ether oxygens (including phenoxy) is 2. The predicted molar refractivity (Wildman–Crippen MR) is 142 cm³/mol. The smallest absolute Gasteiger partial charge is 0.306 e. The molecule has 0 amide bonds. The summed E-state index contributed by atoms with van der Waals surface area (Å²) in [5, 5.41) is 21.1. The zero-order chi connectivity index (χ0) is 25.6. The number of thiazole rings is 1. The maximum atomic E-state index is 11.2. The van der Waals surface area contributed by atoms with Crippen molar-refractivity contribution in [3.8, 4) is 34.6 Å². The second-order valence-corrected chi connectivity index (χ2v) is 9.62. The van der Waals surface area contributed by atoms with Gasteiger partial charge in [0.25, 0.3) is 0 Å². The summed E-state index contributed by atoms with van der Waals surface area (Å²) < 4.78 is 12.0. The Morgan fingerprint density at radius 1 is 1.03 bits per heavy atom. The molecule has 7 nitrogen and oxygen atoms in total. The molecule has 1 aliphatic rings. The van der Waals surface area contributed by atoms with E-state index in [1.165, 1.54) is 0 Å². The fourth-order valence-corrected chi connectivity index (χ4v) is 5.08. The third kappa shape index (κ3) is 5.90. The van der Waals surface area contributed by atoms with E-state index in [1.807, 2.05) is 53.9 Å². The van der Waals surface area contributed by atoms with Crippen molar-refractivity contribution >= 4 is 22.4 Å². The van der Waals surface area contributed by atoms with Crippen LogP contribution in [0.2, 0.25) is 0 Å². The van der Waals surface area contributed by atoms with E-state index in [0.717, 1.165) is 27.7 Å². The number of piperidine rings is 1. The highest BCUT2D eigenvalue weighted by Gasteiger charge is 2.26. The molecule has 1 saturated heterocycles. The van der Waals surface area contributed by atoms with Gasteiger partial charge >= 0.3 is 5.97 Å². The number of hydrogen-bond acceptors (Lipinski definition) is 7. The Kier molecular flexibility index (Phi) is 7.33. The summed E-state index contributed by atoms with van der Waals surface area (Å²) in [4.78, 5) is 18.2. The third-order valence-corrected chi connectivity index (χ3v) is 7.21.